The molecule has 0 bridgehead atoms. The predicted molar refractivity (Wildman–Crippen MR) is 110 cm³/mol. The summed E-state index contributed by atoms with van der Waals surface area (Å²) in [6, 6.07) is 15.3. The maximum absolute atomic E-state index is 12.9. The lowest BCUT2D eigenvalue weighted by molar-refractivity contribution is -0.127. The number of furan rings is 2. The smallest absolute Gasteiger partial charge is 0.247 e. The molecule has 1 saturated carbocycles. The first-order valence-corrected chi connectivity index (χ1v) is 9.84. The number of carbonyl (C=O) groups is 1. The van der Waals surface area contributed by atoms with Crippen LogP contribution in [-0.2, 0) is 17.9 Å². The number of benzene rings is 1. The zero-order valence-electron chi connectivity index (χ0n) is 16.7. The second-order valence-electron chi connectivity index (χ2n) is 7.50. The van der Waals surface area contributed by atoms with Crippen LogP contribution in [0.5, 0.6) is 5.75 Å². The van der Waals surface area contributed by atoms with Crippen molar-refractivity contribution < 1.29 is 18.4 Å². The fourth-order valence-corrected chi connectivity index (χ4v) is 3.38. The summed E-state index contributed by atoms with van der Waals surface area (Å²) in [5, 5.41) is 0. The first kappa shape index (κ1) is 19.1. The normalized spacial score (nSPS) is 18.1. The van der Waals surface area contributed by atoms with E-state index in [0.717, 1.165) is 28.6 Å². The summed E-state index contributed by atoms with van der Waals surface area (Å²) < 4.78 is 16.6. The van der Waals surface area contributed by atoms with Crippen molar-refractivity contribution in [1.29, 1.82) is 0 Å². The van der Waals surface area contributed by atoms with Crippen LogP contribution in [0.4, 0.5) is 0 Å². The molecule has 0 saturated heterocycles. The Kier molecular flexibility index (Phi) is 5.56. The minimum atomic E-state index is -0.102. The Morgan fingerprint density at radius 1 is 1.14 bits per heavy atom. The van der Waals surface area contributed by atoms with Crippen LogP contribution in [-0.4, -0.2) is 17.9 Å². The highest BCUT2D eigenvalue weighted by atomic mass is 16.5. The average molecular weight is 391 g/mol. The lowest BCUT2D eigenvalue weighted by Crippen LogP contribution is -2.28. The molecular formula is C24H25NO4. The summed E-state index contributed by atoms with van der Waals surface area (Å²) in [5.41, 5.74) is 0.931. The molecule has 150 valence electrons. The van der Waals surface area contributed by atoms with Crippen LogP contribution in [0.3, 0.4) is 0 Å². The van der Waals surface area contributed by atoms with Gasteiger partial charge in [-0.2, -0.15) is 0 Å². The topological polar surface area (TPSA) is 55.8 Å². The molecule has 0 spiro atoms. The van der Waals surface area contributed by atoms with Gasteiger partial charge in [0.2, 0.25) is 5.91 Å². The van der Waals surface area contributed by atoms with E-state index >= 15 is 0 Å². The first-order valence-electron chi connectivity index (χ1n) is 9.84. The minimum absolute atomic E-state index is 0.102. The molecule has 0 N–H and O–H groups in total. The SMILES string of the molecule is COc1ccc(/C=C/C(=O)N(Cc2ccco2)Cc2ccc(C3CC3C)o2)cc1. The van der Waals surface area contributed by atoms with Crippen molar-refractivity contribution in [3.8, 4) is 5.75 Å². The maximum atomic E-state index is 12.9. The second kappa shape index (κ2) is 8.43. The van der Waals surface area contributed by atoms with Gasteiger partial charge in [-0.1, -0.05) is 19.1 Å². The molecule has 1 aromatic carbocycles. The molecule has 1 fully saturated rings. The summed E-state index contributed by atoms with van der Waals surface area (Å²) in [6.07, 6.45) is 6.17. The third-order valence-electron chi connectivity index (χ3n) is 5.28. The van der Waals surface area contributed by atoms with E-state index in [-0.39, 0.29) is 5.91 Å². The Morgan fingerprint density at radius 3 is 2.55 bits per heavy atom. The molecule has 2 atom stereocenters. The standard InChI is InChI=1S/C24H25NO4/c1-17-14-22(17)23-11-10-21(29-23)16-25(15-20-4-3-13-28-20)24(26)12-7-18-5-8-19(27-2)9-6-18/h3-13,17,22H,14-16H2,1-2H3/b12-7+. The van der Waals surface area contributed by atoms with Gasteiger partial charge in [-0.25, -0.2) is 0 Å². The van der Waals surface area contributed by atoms with E-state index in [9.17, 15) is 4.79 Å². The van der Waals surface area contributed by atoms with Crippen LogP contribution in [0.2, 0.25) is 0 Å². The van der Waals surface area contributed by atoms with Gasteiger partial charge < -0.3 is 18.5 Å². The van der Waals surface area contributed by atoms with Crippen molar-refractivity contribution in [1.82, 2.24) is 4.90 Å². The van der Waals surface area contributed by atoms with E-state index in [4.69, 9.17) is 13.6 Å². The highest BCUT2D eigenvalue weighted by Crippen LogP contribution is 2.47. The van der Waals surface area contributed by atoms with E-state index < -0.39 is 0 Å². The third-order valence-corrected chi connectivity index (χ3v) is 5.28. The average Bonchev–Trinajstić information content (AvgIpc) is 3.13. The molecule has 5 heteroatoms. The Morgan fingerprint density at radius 2 is 1.90 bits per heavy atom. The van der Waals surface area contributed by atoms with Gasteiger partial charge in [0.05, 0.1) is 26.5 Å². The molecule has 1 aliphatic rings. The van der Waals surface area contributed by atoms with Gasteiger partial charge in [0.15, 0.2) is 0 Å². The number of methoxy groups -OCH3 is 1. The molecule has 3 aromatic rings. The summed E-state index contributed by atoms with van der Waals surface area (Å²) in [7, 11) is 1.63. The van der Waals surface area contributed by atoms with Gasteiger partial charge in [-0.05, 0) is 60.4 Å². The predicted octanol–water partition coefficient (Wildman–Crippen LogP) is 5.25. The second-order valence-corrected chi connectivity index (χ2v) is 7.50. The highest BCUT2D eigenvalue weighted by molar-refractivity contribution is 5.91. The molecule has 2 heterocycles. The Balaban J connectivity index is 1.47. The monoisotopic (exact) mass is 391 g/mol. The fourth-order valence-electron chi connectivity index (χ4n) is 3.38. The van der Waals surface area contributed by atoms with E-state index in [0.29, 0.717) is 24.9 Å². The summed E-state index contributed by atoms with van der Waals surface area (Å²) in [6.45, 7) is 3.01. The number of hydrogen-bond donors (Lipinski definition) is 0. The zero-order valence-corrected chi connectivity index (χ0v) is 16.7. The van der Waals surface area contributed by atoms with Crippen LogP contribution in [0, 0.1) is 5.92 Å². The number of nitrogens with zero attached hydrogens (tertiary/aromatic N) is 1. The molecule has 2 aromatic heterocycles. The summed E-state index contributed by atoms with van der Waals surface area (Å²) in [4.78, 5) is 14.6. The van der Waals surface area contributed by atoms with Gasteiger partial charge >= 0.3 is 0 Å². The van der Waals surface area contributed by atoms with Crippen molar-refractivity contribution in [2.75, 3.05) is 7.11 Å². The van der Waals surface area contributed by atoms with Crippen molar-refractivity contribution in [3.63, 3.8) is 0 Å². The van der Waals surface area contributed by atoms with E-state index in [2.05, 4.69) is 6.92 Å². The van der Waals surface area contributed by atoms with E-state index in [1.807, 2.05) is 48.5 Å². The van der Waals surface area contributed by atoms with E-state index in [1.165, 1.54) is 6.42 Å². The Hall–Kier alpha value is -3.21. The molecule has 0 radical (unpaired) electrons. The molecule has 1 aliphatic carbocycles. The first-order chi connectivity index (χ1) is 14.1. The quantitative estimate of drug-likeness (QED) is 0.492. The number of ether oxygens (including phenoxy) is 1. The molecule has 1 amide bonds. The molecular weight excluding hydrogens is 366 g/mol. The lowest BCUT2D eigenvalue weighted by atomic mass is 10.2. The number of rotatable bonds is 8. The van der Waals surface area contributed by atoms with Gasteiger partial charge in [-0.15, -0.1) is 0 Å². The Labute approximate surface area is 170 Å². The number of carbonyl (C=O) groups excluding carboxylic acids is 1. The van der Waals surface area contributed by atoms with Crippen molar-refractivity contribution in [2.45, 2.75) is 32.4 Å². The van der Waals surface area contributed by atoms with Crippen LogP contribution >= 0.6 is 0 Å². The van der Waals surface area contributed by atoms with E-state index in [1.54, 1.807) is 30.4 Å². The molecule has 5 nitrogen and oxygen atoms in total. The van der Waals surface area contributed by atoms with Crippen LogP contribution in [0.15, 0.2) is 69.7 Å². The summed E-state index contributed by atoms with van der Waals surface area (Å²) in [5.74, 6) is 4.43. The van der Waals surface area contributed by atoms with Gasteiger partial charge in [0, 0.05) is 12.0 Å². The fraction of sp³-hybridized carbons (Fsp3) is 0.292. The van der Waals surface area contributed by atoms with Gasteiger partial charge in [0.1, 0.15) is 23.0 Å². The molecule has 29 heavy (non-hydrogen) atoms. The third kappa shape index (κ3) is 4.80. The number of amides is 1. The summed E-state index contributed by atoms with van der Waals surface area (Å²) >= 11 is 0. The lowest BCUT2D eigenvalue weighted by Gasteiger charge is -2.19. The number of hydrogen-bond acceptors (Lipinski definition) is 4. The van der Waals surface area contributed by atoms with Gasteiger partial charge in [0.25, 0.3) is 0 Å². The molecule has 4 rings (SSSR count). The zero-order chi connectivity index (χ0) is 20.2. The molecule has 2 unspecified atom stereocenters. The van der Waals surface area contributed by atoms with Crippen LogP contribution in [0.25, 0.3) is 6.08 Å². The van der Waals surface area contributed by atoms with Crippen molar-refractivity contribution >= 4 is 12.0 Å². The molecule has 0 aliphatic heterocycles. The van der Waals surface area contributed by atoms with Crippen LogP contribution in [0.1, 0.15) is 42.1 Å². The Bertz CT molecular complexity index is 969. The van der Waals surface area contributed by atoms with Gasteiger partial charge in [-0.3, -0.25) is 4.79 Å². The minimum Gasteiger partial charge on any atom is -0.497 e. The van der Waals surface area contributed by atoms with Crippen molar-refractivity contribution in [2.24, 2.45) is 5.92 Å². The van der Waals surface area contributed by atoms with Crippen molar-refractivity contribution in [3.05, 3.63) is 83.7 Å². The van der Waals surface area contributed by atoms with Crippen LogP contribution < -0.4 is 4.74 Å². The highest BCUT2D eigenvalue weighted by Gasteiger charge is 2.36. The largest absolute Gasteiger partial charge is 0.497 e. The maximum Gasteiger partial charge on any atom is 0.247 e.